The second kappa shape index (κ2) is 7.69. The van der Waals surface area contributed by atoms with Crippen LogP contribution in [0.1, 0.15) is 54.7 Å². The first-order valence-electron chi connectivity index (χ1n) is 11.8. The number of aromatic amines is 1. The molecule has 0 radical (unpaired) electrons. The minimum atomic E-state index is -2.05. The van der Waals surface area contributed by atoms with E-state index < -0.39 is 41.2 Å². The average Bonchev–Trinajstić information content (AvgIpc) is 3.00. The van der Waals surface area contributed by atoms with Gasteiger partial charge < -0.3 is 29.8 Å². The van der Waals surface area contributed by atoms with Gasteiger partial charge >= 0.3 is 9.28 Å². The van der Waals surface area contributed by atoms with Crippen LogP contribution in [-0.4, -0.2) is 73.4 Å². The number of hydrogen-bond donors (Lipinski definition) is 3. The van der Waals surface area contributed by atoms with E-state index in [-0.39, 0.29) is 39.4 Å². The summed E-state index contributed by atoms with van der Waals surface area (Å²) in [7, 11) is -3.68. The Morgan fingerprint density at radius 3 is 2.59 bits per heavy atom. The predicted molar refractivity (Wildman–Crippen MR) is 132 cm³/mol. The summed E-state index contributed by atoms with van der Waals surface area (Å²) in [6, 6.07) is -0.158. The van der Waals surface area contributed by atoms with E-state index in [0.29, 0.717) is 12.3 Å². The largest absolute Gasteiger partial charge is 0.394 e. The summed E-state index contributed by atoms with van der Waals surface area (Å²) in [5.74, 6) is 0.0203. The fourth-order valence-corrected chi connectivity index (χ4v) is 13.4. The molecule has 13 heteroatoms. The van der Waals surface area contributed by atoms with Crippen molar-refractivity contribution in [3.05, 3.63) is 16.7 Å². The van der Waals surface area contributed by atoms with Gasteiger partial charge in [-0.05, 0) is 12.0 Å². The number of fused-ring (bicyclic) bond motifs is 1. The van der Waals surface area contributed by atoms with Gasteiger partial charge in [0.25, 0.3) is 5.56 Å². The number of ether oxygens (including phenoxy) is 2. The zero-order valence-corrected chi connectivity index (χ0v) is 23.2. The number of anilines is 1. The van der Waals surface area contributed by atoms with Crippen LogP contribution in [0.25, 0.3) is 11.2 Å². The third-order valence-corrected chi connectivity index (χ3v) is 14.2. The van der Waals surface area contributed by atoms with Gasteiger partial charge in [0, 0.05) is 11.1 Å². The van der Waals surface area contributed by atoms with E-state index in [1.807, 2.05) is 6.92 Å². The van der Waals surface area contributed by atoms with Crippen molar-refractivity contribution in [2.24, 2.45) is 5.73 Å². The Bertz CT molecular complexity index is 1160. The number of hydrogen-bond acceptors (Lipinski definition) is 9. The molecule has 3 fully saturated rings. The lowest BCUT2D eigenvalue weighted by Crippen LogP contribution is -2.52. The Balaban J connectivity index is 1.62. The van der Waals surface area contributed by atoms with E-state index in [2.05, 4.69) is 56.5 Å². The van der Waals surface area contributed by atoms with Crippen molar-refractivity contribution in [3.63, 3.8) is 0 Å². The van der Waals surface area contributed by atoms with Crippen molar-refractivity contribution in [1.82, 2.24) is 19.5 Å². The highest BCUT2D eigenvalue weighted by atomic mass is 28.3. The molecule has 0 saturated carbocycles. The molecule has 3 saturated heterocycles. The van der Waals surface area contributed by atoms with E-state index >= 15 is 0 Å². The van der Waals surface area contributed by atoms with E-state index in [4.69, 9.17) is 29.8 Å². The molecule has 5 rings (SSSR count). The minimum absolute atomic E-state index is 0.0203. The van der Waals surface area contributed by atoms with Crippen molar-refractivity contribution in [3.8, 4) is 0 Å². The van der Waals surface area contributed by atoms with Gasteiger partial charge in [-0.15, -0.1) is 0 Å². The zero-order valence-electron chi connectivity index (χ0n) is 20.9. The maximum Gasteiger partial charge on any atom is 0.327 e. The topological polar surface area (TPSA) is 153 Å². The van der Waals surface area contributed by atoms with Crippen LogP contribution in [0.3, 0.4) is 0 Å². The number of nitrogens with one attached hydrogen (secondary N) is 1. The van der Waals surface area contributed by atoms with Gasteiger partial charge in [-0.3, -0.25) is 14.3 Å². The third kappa shape index (κ3) is 3.60. The fraction of sp³-hybridized carbons (Fsp3) is 0.762. The number of H-pyrrole nitrogens is 1. The van der Waals surface area contributed by atoms with E-state index in [1.165, 1.54) is 0 Å². The molecule has 34 heavy (non-hydrogen) atoms. The first-order chi connectivity index (χ1) is 15.7. The van der Waals surface area contributed by atoms with Crippen LogP contribution < -0.4 is 17.0 Å². The summed E-state index contributed by atoms with van der Waals surface area (Å²) in [5, 5.41) is -0.547. The molecule has 2 aromatic heterocycles. The van der Waals surface area contributed by atoms with Crippen LogP contribution in [0.4, 0.5) is 5.95 Å². The van der Waals surface area contributed by atoms with Crippen molar-refractivity contribution in [1.29, 1.82) is 0 Å². The van der Waals surface area contributed by atoms with Crippen LogP contribution in [-0.2, 0) is 18.3 Å². The lowest BCUT2D eigenvalue weighted by molar-refractivity contribution is -0.0737. The van der Waals surface area contributed by atoms with E-state index in [1.54, 1.807) is 10.9 Å². The number of nitrogens with two attached hydrogens (primary N) is 2. The molecule has 5 N–H and O–H groups in total. The molecule has 8 atom stereocenters. The van der Waals surface area contributed by atoms with Gasteiger partial charge in [0.15, 0.2) is 17.4 Å². The molecule has 188 valence electrons. The Morgan fingerprint density at radius 2 is 1.97 bits per heavy atom. The Labute approximate surface area is 202 Å². The summed E-state index contributed by atoms with van der Waals surface area (Å²) in [5.41, 5.74) is 12.1. The minimum Gasteiger partial charge on any atom is -0.394 e. The Morgan fingerprint density at radius 1 is 1.26 bits per heavy atom. The fourth-order valence-electron chi connectivity index (χ4n) is 5.56. The Hall–Kier alpha value is -1.62. The first kappa shape index (κ1) is 24.1. The summed E-state index contributed by atoms with van der Waals surface area (Å²) < 4.78 is 28.5. The standard InChI is InChI=1S/C21H36N6O5Si2/c1-10(22)8-29-12-13-21(17(33(21)19(2,3)4)32-34(31-13)20(5,6)7)30-16(12)27-9-24-11-14(27)25-18(23)26-15(11)28/h9-10,12-13,16-17,33-34H,8,22H2,1-7H3,(H3,23,25,26,28)/t10?,12-,13+,16-,17?,21-,33?,34?/m1/s1. The van der Waals surface area contributed by atoms with Crippen LogP contribution in [0.5, 0.6) is 0 Å². The van der Waals surface area contributed by atoms with Crippen molar-refractivity contribution < 1.29 is 18.3 Å². The van der Waals surface area contributed by atoms with Gasteiger partial charge in [-0.25, -0.2) is 4.98 Å². The van der Waals surface area contributed by atoms with Gasteiger partial charge in [0.2, 0.25) is 5.95 Å². The summed E-state index contributed by atoms with van der Waals surface area (Å²) >= 11 is 0. The number of rotatable bonds is 4. The second-order valence-corrected chi connectivity index (χ2v) is 19.2. The van der Waals surface area contributed by atoms with Crippen LogP contribution in [0, 0.1) is 0 Å². The number of imidazole rings is 1. The number of aromatic nitrogens is 4. The van der Waals surface area contributed by atoms with Gasteiger partial charge in [-0.1, -0.05) is 41.5 Å². The average molecular weight is 509 g/mol. The first-order valence-corrected chi connectivity index (χ1v) is 15.2. The van der Waals surface area contributed by atoms with Crippen molar-refractivity contribution in [2.45, 2.75) is 94.0 Å². The van der Waals surface area contributed by atoms with Crippen LogP contribution in [0.2, 0.25) is 10.1 Å². The van der Waals surface area contributed by atoms with Gasteiger partial charge in [-0.2, -0.15) is 4.98 Å². The van der Waals surface area contributed by atoms with Gasteiger partial charge in [0.05, 0.1) is 18.7 Å². The summed E-state index contributed by atoms with van der Waals surface area (Å²) in [4.78, 5) is 23.6. The van der Waals surface area contributed by atoms with Crippen LogP contribution in [0.15, 0.2) is 11.1 Å². The molecule has 11 nitrogen and oxygen atoms in total. The summed E-state index contributed by atoms with van der Waals surface area (Å²) in [6.07, 6.45) is 0.242. The van der Waals surface area contributed by atoms with Crippen LogP contribution >= 0.6 is 0 Å². The molecule has 0 aromatic carbocycles. The van der Waals surface area contributed by atoms with Gasteiger partial charge in [0.1, 0.15) is 26.2 Å². The number of nitrogen functional groups attached to an aromatic ring is 1. The lowest BCUT2D eigenvalue weighted by atomic mass is 10.1. The quantitative estimate of drug-likeness (QED) is 0.505. The highest BCUT2D eigenvalue weighted by Gasteiger charge is 2.83. The monoisotopic (exact) mass is 508 g/mol. The molecule has 3 aliphatic rings. The third-order valence-electron chi connectivity index (χ3n) is 6.93. The smallest absolute Gasteiger partial charge is 0.327 e. The number of nitrogens with zero attached hydrogens (tertiary/aromatic N) is 3. The van der Waals surface area contributed by atoms with E-state index in [9.17, 15) is 4.79 Å². The normalized spacial score (nSPS) is 36.4. The summed E-state index contributed by atoms with van der Waals surface area (Å²) in [6.45, 7) is 15.5. The molecule has 4 unspecified atom stereocenters. The second-order valence-electron chi connectivity index (χ2n) is 12.1. The molecule has 0 bridgehead atoms. The molecule has 3 aliphatic heterocycles. The highest BCUT2D eigenvalue weighted by Crippen LogP contribution is 2.64. The zero-order chi connectivity index (χ0) is 24.8. The SMILES string of the molecule is CC(N)CO[C@H]1[C@H](n2cnc3c(=O)[nH]c(N)nc32)O[C@]23C(O[SiH](C(C)(C)C)O[C@@H]12)[SiH]3C(C)(C)C. The molecule has 1 spiro atoms. The van der Waals surface area contributed by atoms with Crippen molar-refractivity contribution in [2.75, 3.05) is 12.3 Å². The predicted octanol–water partition coefficient (Wildman–Crippen LogP) is 0.626. The molecule has 2 aromatic rings. The highest BCUT2D eigenvalue weighted by molar-refractivity contribution is 6.80. The molecular formula is C21H36N6O5Si2. The molecular weight excluding hydrogens is 472 g/mol. The molecule has 0 amide bonds. The maximum atomic E-state index is 12.4. The molecule has 5 heterocycles. The Kier molecular flexibility index (Phi) is 5.45. The van der Waals surface area contributed by atoms with E-state index in [0.717, 1.165) is 0 Å². The lowest BCUT2D eigenvalue weighted by Gasteiger charge is -2.38. The maximum absolute atomic E-state index is 12.4. The molecule has 0 aliphatic carbocycles. The van der Waals surface area contributed by atoms with Crippen molar-refractivity contribution >= 4 is 35.2 Å².